The third-order valence-electron chi connectivity index (χ3n) is 6.24. The number of rotatable bonds is 6. The topological polar surface area (TPSA) is 52.6 Å². The van der Waals surface area contributed by atoms with E-state index in [0.717, 1.165) is 0 Å². The maximum atomic E-state index is 13.9. The molecule has 0 N–H and O–H groups in total. The van der Waals surface area contributed by atoms with E-state index in [0.29, 0.717) is 27.5 Å². The van der Waals surface area contributed by atoms with Gasteiger partial charge in [0, 0.05) is 0 Å². The molecule has 0 aromatic heterocycles. The summed E-state index contributed by atoms with van der Waals surface area (Å²) in [6.45, 7) is -3.36. The van der Waals surface area contributed by atoms with E-state index in [9.17, 15) is 21.6 Å². The zero-order chi connectivity index (χ0) is 27.5. The van der Waals surface area contributed by atoms with Crippen LogP contribution in [0.3, 0.4) is 0 Å². The standard InChI is InChI=1S/C29H24F3O4PS/c1-35-25-21-18-23(19-22-25)17-20-24-11-9-10-16-28(24)37(2,26-12-5-3-6-13-26,27-14-7-4-8-15-27)36-38(33,34)29(30,31)32/h3-16,18-19,21-22H,1-2H3. The summed E-state index contributed by atoms with van der Waals surface area (Å²) in [5, 5.41) is 0.859. The first-order valence-corrected chi connectivity index (χ1v) is 15.4. The Morgan fingerprint density at radius 3 is 1.71 bits per heavy atom. The molecule has 4 aromatic rings. The molecule has 0 spiro atoms. The first-order valence-electron chi connectivity index (χ1n) is 11.4. The van der Waals surface area contributed by atoms with Crippen LogP contribution in [0.5, 0.6) is 5.75 Å². The number of ether oxygens (including phenoxy) is 1. The van der Waals surface area contributed by atoms with Gasteiger partial charge < -0.3 is 0 Å². The molecule has 196 valence electrons. The molecule has 0 bridgehead atoms. The Hall–Kier alpha value is -3.63. The first-order chi connectivity index (χ1) is 18.0. The first kappa shape index (κ1) is 27.4. The van der Waals surface area contributed by atoms with E-state index in [4.69, 9.17) is 8.71 Å². The summed E-state index contributed by atoms with van der Waals surface area (Å²) in [5.41, 5.74) is -4.66. The van der Waals surface area contributed by atoms with E-state index in [2.05, 4.69) is 11.8 Å². The van der Waals surface area contributed by atoms with Crippen LogP contribution < -0.4 is 20.7 Å². The molecular formula is C29H24F3O4PS. The molecule has 38 heavy (non-hydrogen) atoms. The van der Waals surface area contributed by atoms with Gasteiger partial charge in [-0.2, -0.15) is 0 Å². The van der Waals surface area contributed by atoms with Gasteiger partial charge in [-0.1, -0.05) is 0 Å². The van der Waals surface area contributed by atoms with E-state index in [1.807, 2.05) is 0 Å². The van der Waals surface area contributed by atoms with E-state index >= 15 is 0 Å². The predicted molar refractivity (Wildman–Crippen MR) is 146 cm³/mol. The Labute approximate surface area is 220 Å². The van der Waals surface area contributed by atoms with Gasteiger partial charge in [0.1, 0.15) is 0 Å². The second kappa shape index (κ2) is 10.3. The van der Waals surface area contributed by atoms with Crippen molar-refractivity contribution in [2.75, 3.05) is 13.8 Å². The summed E-state index contributed by atoms with van der Waals surface area (Å²) in [4.78, 5) is 0. The molecule has 0 amide bonds. The monoisotopic (exact) mass is 556 g/mol. The number of benzene rings is 4. The van der Waals surface area contributed by atoms with Crippen molar-refractivity contribution in [3.63, 3.8) is 0 Å². The van der Waals surface area contributed by atoms with Gasteiger partial charge in [-0.3, -0.25) is 0 Å². The van der Waals surface area contributed by atoms with Crippen molar-refractivity contribution in [3.05, 3.63) is 120 Å². The summed E-state index contributed by atoms with van der Waals surface area (Å²) in [5.74, 6) is 6.72. The number of alkyl halides is 3. The number of halogens is 3. The Bertz CT molecular complexity index is 1550. The molecular weight excluding hydrogens is 532 g/mol. The van der Waals surface area contributed by atoms with Gasteiger partial charge in [-0.25, -0.2) is 0 Å². The summed E-state index contributed by atoms with van der Waals surface area (Å²) >= 11 is 0. The molecule has 0 radical (unpaired) electrons. The van der Waals surface area contributed by atoms with Crippen LogP contribution in [0.2, 0.25) is 0 Å². The van der Waals surface area contributed by atoms with Gasteiger partial charge >= 0.3 is 220 Å². The molecule has 0 heterocycles. The average molecular weight is 557 g/mol. The van der Waals surface area contributed by atoms with Gasteiger partial charge in [0.05, 0.1) is 0 Å². The fraction of sp³-hybridized carbons (Fsp3) is 0.103. The minimum atomic E-state index is -6.05. The number of hydrogen-bond donors (Lipinski definition) is 0. The minimum absolute atomic E-state index is 0.254. The zero-order valence-corrected chi connectivity index (χ0v) is 22.2. The molecule has 9 heteroatoms. The van der Waals surface area contributed by atoms with Crippen LogP contribution in [0.1, 0.15) is 11.1 Å². The molecule has 0 atom stereocenters. The van der Waals surface area contributed by atoms with E-state index in [1.165, 1.54) is 6.66 Å². The fourth-order valence-electron chi connectivity index (χ4n) is 4.28. The Morgan fingerprint density at radius 1 is 0.711 bits per heavy atom. The van der Waals surface area contributed by atoms with Crippen LogP contribution in [-0.4, -0.2) is 27.7 Å². The van der Waals surface area contributed by atoms with Crippen LogP contribution in [0.4, 0.5) is 13.2 Å². The van der Waals surface area contributed by atoms with Gasteiger partial charge in [0.15, 0.2) is 0 Å². The molecule has 0 aliphatic rings. The molecule has 0 unspecified atom stereocenters. The molecule has 0 aliphatic carbocycles. The Morgan fingerprint density at radius 2 is 1.21 bits per heavy atom. The molecule has 4 nitrogen and oxygen atoms in total. The van der Waals surface area contributed by atoms with Crippen LogP contribution in [0.15, 0.2) is 109 Å². The Kier molecular flexibility index (Phi) is 7.40. The second-order valence-corrected chi connectivity index (χ2v) is 15.0. The van der Waals surface area contributed by atoms with Crippen molar-refractivity contribution in [2.45, 2.75) is 5.51 Å². The van der Waals surface area contributed by atoms with E-state index < -0.39 is 22.5 Å². The molecule has 0 aliphatic heterocycles. The van der Waals surface area contributed by atoms with Gasteiger partial charge in [0.2, 0.25) is 0 Å². The van der Waals surface area contributed by atoms with Crippen LogP contribution in [0.25, 0.3) is 0 Å². The van der Waals surface area contributed by atoms with Gasteiger partial charge in [-0.05, 0) is 0 Å². The molecule has 0 saturated heterocycles. The molecule has 4 aromatic carbocycles. The van der Waals surface area contributed by atoms with Crippen molar-refractivity contribution in [2.24, 2.45) is 0 Å². The average Bonchev–Trinajstić information content (AvgIpc) is 2.92. The zero-order valence-electron chi connectivity index (χ0n) is 20.5. The van der Waals surface area contributed by atoms with Crippen molar-refractivity contribution in [1.29, 1.82) is 0 Å². The van der Waals surface area contributed by atoms with Crippen LogP contribution in [0, 0.1) is 11.8 Å². The van der Waals surface area contributed by atoms with Crippen LogP contribution >= 0.6 is 6.83 Å². The number of hydrogen-bond acceptors (Lipinski definition) is 4. The Balaban J connectivity index is 2.09. The normalized spacial score (nSPS) is 13.0. The number of methoxy groups -OCH3 is 1. The fourth-order valence-corrected chi connectivity index (χ4v) is 11.4. The van der Waals surface area contributed by atoms with Crippen molar-refractivity contribution < 1.29 is 30.3 Å². The molecule has 4 rings (SSSR count). The van der Waals surface area contributed by atoms with E-state index in [1.54, 1.807) is 116 Å². The molecule has 0 saturated carbocycles. The summed E-state index contributed by atoms with van der Waals surface area (Å²) in [6.07, 6.45) is 0. The summed E-state index contributed by atoms with van der Waals surface area (Å²) in [6, 6.07) is 29.8. The third kappa shape index (κ3) is 4.93. The quantitative estimate of drug-likeness (QED) is 0.183. The maximum absolute atomic E-state index is 13.9. The van der Waals surface area contributed by atoms with Crippen molar-refractivity contribution in [3.8, 4) is 17.6 Å². The van der Waals surface area contributed by atoms with Crippen molar-refractivity contribution >= 4 is 32.9 Å². The summed E-state index contributed by atoms with van der Waals surface area (Å²) < 4.78 is 77.9. The summed E-state index contributed by atoms with van der Waals surface area (Å²) in [7, 11) is -4.51. The second-order valence-electron chi connectivity index (χ2n) is 8.60. The van der Waals surface area contributed by atoms with Crippen molar-refractivity contribution in [1.82, 2.24) is 0 Å². The molecule has 0 fully saturated rings. The van der Waals surface area contributed by atoms with E-state index in [-0.39, 0.29) is 5.30 Å². The van der Waals surface area contributed by atoms with Gasteiger partial charge in [-0.15, -0.1) is 0 Å². The van der Waals surface area contributed by atoms with Crippen LogP contribution in [-0.2, 0) is 14.1 Å². The predicted octanol–water partition coefficient (Wildman–Crippen LogP) is 5.34. The third-order valence-corrected chi connectivity index (χ3v) is 13.7. The SMILES string of the molecule is COc1ccc(C#Cc2ccccc2P(C)(OS(=O)(=O)C(F)(F)F)(c2ccccc2)c2ccccc2)cc1. The van der Waals surface area contributed by atoms with Gasteiger partial charge in [0.25, 0.3) is 0 Å².